The van der Waals surface area contributed by atoms with Gasteiger partial charge in [-0.05, 0) is 38.5 Å². The molecule has 0 amide bonds. The smallest absolute Gasteiger partial charge is 0.161 e. The van der Waals surface area contributed by atoms with Crippen molar-refractivity contribution in [1.29, 1.82) is 0 Å². The van der Waals surface area contributed by atoms with E-state index in [1.807, 2.05) is 32.0 Å². The molecule has 1 fully saturated rings. The quantitative estimate of drug-likeness (QED) is 0.804. The SMILES string of the molecule is CCOc1ccc(C(CO)N2CCNC(C)C2)cc1OCC. The van der Waals surface area contributed by atoms with E-state index in [0.29, 0.717) is 19.3 Å². The minimum absolute atomic E-state index is 0.000525. The molecule has 124 valence electrons. The second-order valence-electron chi connectivity index (χ2n) is 5.62. The molecule has 0 saturated carbocycles. The Hall–Kier alpha value is -1.30. The summed E-state index contributed by atoms with van der Waals surface area (Å²) in [6, 6.07) is 6.41. The van der Waals surface area contributed by atoms with Crippen molar-refractivity contribution < 1.29 is 14.6 Å². The van der Waals surface area contributed by atoms with Gasteiger partial charge in [-0.2, -0.15) is 0 Å². The summed E-state index contributed by atoms with van der Waals surface area (Å²) in [6.45, 7) is 10.2. The lowest BCUT2D eigenvalue weighted by molar-refractivity contribution is 0.0960. The van der Waals surface area contributed by atoms with Crippen LogP contribution >= 0.6 is 0 Å². The van der Waals surface area contributed by atoms with Crippen LogP contribution in [-0.2, 0) is 0 Å². The molecule has 1 aromatic rings. The van der Waals surface area contributed by atoms with Gasteiger partial charge >= 0.3 is 0 Å². The largest absolute Gasteiger partial charge is 0.490 e. The fraction of sp³-hybridized carbons (Fsp3) is 0.647. The number of nitrogens with one attached hydrogen (secondary N) is 1. The third-order valence-electron chi connectivity index (χ3n) is 3.97. The van der Waals surface area contributed by atoms with Crippen LogP contribution in [-0.4, -0.2) is 55.5 Å². The topological polar surface area (TPSA) is 54.0 Å². The van der Waals surface area contributed by atoms with Gasteiger partial charge in [-0.1, -0.05) is 6.07 Å². The van der Waals surface area contributed by atoms with Crippen LogP contribution in [0.1, 0.15) is 32.4 Å². The van der Waals surface area contributed by atoms with Crippen LogP contribution < -0.4 is 14.8 Å². The average Bonchev–Trinajstić information content (AvgIpc) is 2.51. The van der Waals surface area contributed by atoms with Gasteiger partial charge in [-0.25, -0.2) is 0 Å². The number of hydrogen-bond acceptors (Lipinski definition) is 5. The van der Waals surface area contributed by atoms with Crippen LogP contribution in [0, 0.1) is 0 Å². The Morgan fingerprint density at radius 1 is 1.27 bits per heavy atom. The van der Waals surface area contributed by atoms with Gasteiger partial charge in [0.25, 0.3) is 0 Å². The predicted molar refractivity (Wildman–Crippen MR) is 87.6 cm³/mol. The Bertz CT molecular complexity index is 467. The van der Waals surface area contributed by atoms with E-state index >= 15 is 0 Å². The molecule has 5 nitrogen and oxygen atoms in total. The van der Waals surface area contributed by atoms with E-state index in [9.17, 15) is 5.11 Å². The second-order valence-corrected chi connectivity index (χ2v) is 5.62. The number of piperazine rings is 1. The summed E-state index contributed by atoms with van der Waals surface area (Å²) in [5, 5.41) is 13.3. The molecule has 1 aliphatic heterocycles. The van der Waals surface area contributed by atoms with E-state index in [1.54, 1.807) is 0 Å². The molecule has 0 aromatic heterocycles. The van der Waals surface area contributed by atoms with Crippen LogP contribution in [0.5, 0.6) is 11.5 Å². The maximum atomic E-state index is 9.88. The number of rotatable bonds is 7. The van der Waals surface area contributed by atoms with Crippen molar-refractivity contribution in [1.82, 2.24) is 10.2 Å². The number of benzene rings is 1. The van der Waals surface area contributed by atoms with Gasteiger partial charge in [-0.15, -0.1) is 0 Å². The molecule has 1 aromatic carbocycles. The highest BCUT2D eigenvalue weighted by atomic mass is 16.5. The van der Waals surface area contributed by atoms with Crippen LogP contribution in [0.2, 0.25) is 0 Å². The van der Waals surface area contributed by atoms with E-state index in [1.165, 1.54) is 0 Å². The van der Waals surface area contributed by atoms with Crippen molar-refractivity contribution in [3.05, 3.63) is 23.8 Å². The maximum absolute atomic E-state index is 9.88. The Morgan fingerprint density at radius 2 is 2.00 bits per heavy atom. The molecule has 1 saturated heterocycles. The molecule has 2 atom stereocenters. The van der Waals surface area contributed by atoms with Crippen molar-refractivity contribution >= 4 is 0 Å². The highest BCUT2D eigenvalue weighted by molar-refractivity contribution is 5.44. The van der Waals surface area contributed by atoms with Crippen LogP contribution in [0.3, 0.4) is 0 Å². The number of nitrogens with zero attached hydrogens (tertiary/aromatic N) is 1. The van der Waals surface area contributed by atoms with Crippen LogP contribution in [0.15, 0.2) is 18.2 Å². The summed E-state index contributed by atoms with van der Waals surface area (Å²) < 4.78 is 11.3. The standard InChI is InChI=1S/C17H28N2O3/c1-4-21-16-7-6-14(10-17(16)22-5-2)15(12-20)19-9-8-18-13(3)11-19/h6-7,10,13,15,18,20H,4-5,8-9,11-12H2,1-3H3. The summed E-state index contributed by atoms with van der Waals surface area (Å²) in [5.74, 6) is 1.52. The molecule has 2 rings (SSSR count). The van der Waals surface area contributed by atoms with E-state index < -0.39 is 0 Å². The Kier molecular flexibility index (Phi) is 6.49. The van der Waals surface area contributed by atoms with E-state index in [-0.39, 0.29) is 12.6 Å². The normalized spacial score (nSPS) is 20.6. The summed E-state index contributed by atoms with van der Waals surface area (Å²) in [7, 11) is 0. The molecule has 0 radical (unpaired) electrons. The molecule has 22 heavy (non-hydrogen) atoms. The number of aliphatic hydroxyl groups is 1. The Labute approximate surface area is 133 Å². The first-order chi connectivity index (χ1) is 10.7. The molecule has 0 aliphatic carbocycles. The van der Waals surface area contributed by atoms with E-state index in [4.69, 9.17) is 9.47 Å². The van der Waals surface area contributed by atoms with Crippen LogP contribution in [0.25, 0.3) is 0 Å². The van der Waals surface area contributed by atoms with Crippen molar-refractivity contribution in [3.8, 4) is 11.5 Å². The van der Waals surface area contributed by atoms with Crippen molar-refractivity contribution in [2.24, 2.45) is 0 Å². The highest BCUT2D eigenvalue weighted by Gasteiger charge is 2.25. The average molecular weight is 308 g/mol. The first-order valence-corrected chi connectivity index (χ1v) is 8.17. The van der Waals surface area contributed by atoms with Gasteiger partial charge in [0, 0.05) is 25.7 Å². The molecular formula is C17H28N2O3. The van der Waals surface area contributed by atoms with Gasteiger partial charge in [0.2, 0.25) is 0 Å². The highest BCUT2D eigenvalue weighted by Crippen LogP contribution is 2.32. The first-order valence-electron chi connectivity index (χ1n) is 8.17. The summed E-state index contributed by atoms with van der Waals surface area (Å²) in [4.78, 5) is 2.33. The third-order valence-corrected chi connectivity index (χ3v) is 3.97. The lowest BCUT2D eigenvalue weighted by Gasteiger charge is -2.37. The van der Waals surface area contributed by atoms with Gasteiger partial charge in [0.05, 0.1) is 25.9 Å². The molecule has 2 N–H and O–H groups in total. The van der Waals surface area contributed by atoms with Crippen molar-refractivity contribution in [2.75, 3.05) is 39.5 Å². The molecule has 1 aliphatic rings. The minimum atomic E-state index is -0.000525. The van der Waals surface area contributed by atoms with E-state index in [2.05, 4.69) is 17.1 Å². The van der Waals surface area contributed by atoms with Crippen LogP contribution in [0.4, 0.5) is 0 Å². The van der Waals surface area contributed by atoms with Crippen molar-refractivity contribution in [3.63, 3.8) is 0 Å². The first kappa shape index (κ1) is 17.1. The van der Waals surface area contributed by atoms with Gasteiger partial charge < -0.3 is 19.9 Å². The fourth-order valence-electron chi connectivity index (χ4n) is 2.95. The molecule has 0 spiro atoms. The summed E-state index contributed by atoms with van der Waals surface area (Å²) >= 11 is 0. The third kappa shape index (κ3) is 4.12. The van der Waals surface area contributed by atoms with E-state index in [0.717, 1.165) is 36.7 Å². The van der Waals surface area contributed by atoms with Gasteiger partial charge in [-0.3, -0.25) is 4.90 Å². The molecule has 5 heteroatoms. The Balaban J connectivity index is 2.22. The lowest BCUT2D eigenvalue weighted by Crippen LogP contribution is -2.50. The number of hydrogen-bond donors (Lipinski definition) is 2. The molecular weight excluding hydrogens is 280 g/mol. The van der Waals surface area contributed by atoms with Gasteiger partial charge in [0.1, 0.15) is 0 Å². The summed E-state index contributed by atoms with van der Waals surface area (Å²) in [6.07, 6.45) is 0. The second kappa shape index (κ2) is 8.36. The number of ether oxygens (including phenoxy) is 2. The van der Waals surface area contributed by atoms with Gasteiger partial charge in [0.15, 0.2) is 11.5 Å². The monoisotopic (exact) mass is 308 g/mol. The maximum Gasteiger partial charge on any atom is 0.161 e. The Morgan fingerprint density at radius 3 is 2.64 bits per heavy atom. The molecule has 2 unspecified atom stereocenters. The number of aliphatic hydroxyl groups excluding tert-OH is 1. The lowest BCUT2D eigenvalue weighted by atomic mass is 10.0. The minimum Gasteiger partial charge on any atom is -0.490 e. The molecule has 1 heterocycles. The van der Waals surface area contributed by atoms with Crippen molar-refractivity contribution in [2.45, 2.75) is 32.9 Å². The zero-order valence-corrected chi connectivity index (χ0v) is 13.8. The molecule has 0 bridgehead atoms. The zero-order chi connectivity index (χ0) is 15.9. The summed E-state index contributed by atoms with van der Waals surface area (Å²) in [5.41, 5.74) is 1.07. The predicted octanol–water partition coefficient (Wildman–Crippen LogP) is 1.81. The fourth-order valence-corrected chi connectivity index (χ4v) is 2.95. The zero-order valence-electron chi connectivity index (χ0n) is 13.8.